The van der Waals surface area contributed by atoms with Crippen molar-refractivity contribution in [3.05, 3.63) is 28.8 Å². The van der Waals surface area contributed by atoms with Gasteiger partial charge in [0.1, 0.15) is 11.4 Å². The van der Waals surface area contributed by atoms with Gasteiger partial charge < -0.3 is 19.7 Å². The van der Waals surface area contributed by atoms with Crippen LogP contribution in [-0.2, 0) is 24.2 Å². The molecule has 5 nitrogen and oxygen atoms in total. The molecular formula is C19H30N2O3. The second-order valence-corrected chi connectivity index (χ2v) is 7.26. The summed E-state index contributed by atoms with van der Waals surface area (Å²) in [7, 11) is 1.69. The number of benzene rings is 1. The monoisotopic (exact) mass is 334 g/mol. The third-order valence-electron chi connectivity index (χ3n) is 4.01. The first-order valence-corrected chi connectivity index (χ1v) is 8.71. The molecule has 0 saturated heterocycles. The van der Waals surface area contributed by atoms with E-state index in [9.17, 15) is 4.79 Å². The van der Waals surface area contributed by atoms with Crippen molar-refractivity contribution in [2.24, 2.45) is 0 Å². The minimum Gasteiger partial charge on any atom is -0.496 e. The first-order valence-electron chi connectivity index (χ1n) is 8.71. The SMILES string of the molecule is CCCNCc1cc2c(cc1OC)CN(C(=O)OC(C)(C)C)CC2. The molecule has 1 aromatic carbocycles. The van der Waals surface area contributed by atoms with Crippen LogP contribution < -0.4 is 10.1 Å². The largest absolute Gasteiger partial charge is 0.496 e. The van der Waals surface area contributed by atoms with Crippen LogP contribution in [0.3, 0.4) is 0 Å². The fourth-order valence-electron chi connectivity index (χ4n) is 2.85. The highest BCUT2D eigenvalue weighted by molar-refractivity contribution is 5.68. The third kappa shape index (κ3) is 4.87. The lowest BCUT2D eigenvalue weighted by molar-refractivity contribution is 0.0224. The highest BCUT2D eigenvalue weighted by Gasteiger charge is 2.26. The van der Waals surface area contributed by atoms with Crippen LogP contribution in [0, 0.1) is 0 Å². The van der Waals surface area contributed by atoms with Crippen molar-refractivity contribution in [1.29, 1.82) is 0 Å². The molecule has 1 N–H and O–H groups in total. The molecule has 0 atom stereocenters. The van der Waals surface area contributed by atoms with Crippen LogP contribution in [0.15, 0.2) is 12.1 Å². The van der Waals surface area contributed by atoms with E-state index in [1.54, 1.807) is 12.0 Å². The molecule has 1 aliphatic rings. The number of amides is 1. The normalized spacial score (nSPS) is 14.3. The van der Waals surface area contributed by atoms with Gasteiger partial charge in [0.25, 0.3) is 0 Å². The molecule has 1 aliphatic heterocycles. The predicted octanol–water partition coefficient (Wildman–Crippen LogP) is 3.49. The lowest BCUT2D eigenvalue weighted by atomic mass is 9.96. The summed E-state index contributed by atoms with van der Waals surface area (Å²) >= 11 is 0. The Morgan fingerprint density at radius 1 is 1.29 bits per heavy atom. The lowest BCUT2D eigenvalue weighted by Gasteiger charge is -2.31. The quantitative estimate of drug-likeness (QED) is 0.838. The maximum atomic E-state index is 12.3. The van der Waals surface area contributed by atoms with Crippen LogP contribution in [-0.4, -0.2) is 36.8 Å². The number of carbonyl (C=O) groups is 1. The Hall–Kier alpha value is -1.75. The van der Waals surface area contributed by atoms with Gasteiger partial charge in [0, 0.05) is 25.2 Å². The van der Waals surface area contributed by atoms with Crippen molar-refractivity contribution in [2.75, 3.05) is 20.2 Å². The Labute approximate surface area is 145 Å². The number of fused-ring (bicyclic) bond motifs is 1. The molecule has 0 bridgehead atoms. The van der Waals surface area contributed by atoms with E-state index in [4.69, 9.17) is 9.47 Å². The fraction of sp³-hybridized carbons (Fsp3) is 0.632. The van der Waals surface area contributed by atoms with E-state index in [0.29, 0.717) is 13.1 Å². The minimum atomic E-state index is -0.468. The Morgan fingerprint density at radius 2 is 2.04 bits per heavy atom. The summed E-state index contributed by atoms with van der Waals surface area (Å²) in [6, 6.07) is 4.28. The number of rotatable bonds is 5. The average Bonchev–Trinajstić information content (AvgIpc) is 2.52. The Balaban J connectivity index is 2.12. The topological polar surface area (TPSA) is 50.8 Å². The van der Waals surface area contributed by atoms with E-state index >= 15 is 0 Å². The van der Waals surface area contributed by atoms with Crippen LogP contribution in [0.2, 0.25) is 0 Å². The summed E-state index contributed by atoms with van der Waals surface area (Å²) in [6.07, 6.45) is 1.71. The van der Waals surface area contributed by atoms with Crippen molar-refractivity contribution in [3.8, 4) is 5.75 Å². The highest BCUT2D eigenvalue weighted by atomic mass is 16.6. The second-order valence-electron chi connectivity index (χ2n) is 7.26. The summed E-state index contributed by atoms with van der Waals surface area (Å²) in [6.45, 7) is 10.9. The number of nitrogens with one attached hydrogen (secondary N) is 1. The van der Waals surface area contributed by atoms with Gasteiger partial charge in [-0.05, 0) is 57.4 Å². The molecule has 0 spiro atoms. The van der Waals surface area contributed by atoms with Gasteiger partial charge in [-0.2, -0.15) is 0 Å². The summed E-state index contributed by atoms with van der Waals surface area (Å²) in [5.74, 6) is 0.878. The predicted molar refractivity (Wildman–Crippen MR) is 95.3 cm³/mol. The van der Waals surface area contributed by atoms with Crippen LogP contribution in [0.25, 0.3) is 0 Å². The maximum Gasteiger partial charge on any atom is 0.410 e. The fourth-order valence-corrected chi connectivity index (χ4v) is 2.85. The molecule has 134 valence electrons. The number of hydrogen-bond acceptors (Lipinski definition) is 4. The molecule has 5 heteroatoms. The summed E-state index contributed by atoms with van der Waals surface area (Å²) < 4.78 is 11.0. The molecule has 1 amide bonds. The number of carbonyl (C=O) groups excluding carboxylic acids is 1. The summed E-state index contributed by atoms with van der Waals surface area (Å²) in [5, 5.41) is 3.42. The minimum absolute atomic E-state index is 0.249. The molecule has 1 aromatic rings. The van der Waals surface area contributed by atoms with Crippen molar-refractivity contribution >= 4 is 6.09 Å². The van der Waals surface area contributed by atoms with E-state index in [-0.39, 0.29) is 6.09 Å². The van der Waals surface area contributed by atoms with E-state index in [1.807, 2.05) is 20.8 Å². The standard InChI is InChI=1S/C19H30N2O3/c1-6-8-20-12-15-10-14-7-9-21(18(22)24-19(2,3)4)13-16(14)11-17(15)23-5/h10-11,20H,6-9,12-13H2,1-5H3. The molecule has 0 saturated carbocycles. The van der Waals surface area contributed by atoms with E-state index in [1.165, 1.54) is 11.1 Å². The maximum absolute atomic E-state index is 12.3. The Kier molecular flexibility index (Phi) is 6.10. The molecule has 0 aliphatic carbocycles. The van der Waals surface area contributed by atoms with Gasteiger partial charge in [-0.15, -0.1) is 0 Å². The molecule has 0 aromatic heterocycles. The zero-order valence-electron chi connectivity index (χ0n) is 15.6. The number of hydrogen-bond donors (Lipinski definition) is 1. The van der Waals surface area contributed by atoms with E-state index in [0.717, 1.165) is 37.2 Å². The number of nitrogens with zero attached hydrogens (tertiary/aromatic N) is 1. The molecule has 0 fully saturated rings. The van der Waals surface area contributed by atoms with Crippen molar-refractivity contribution in [1.82, 2.24) is 10.2 Å². The van der Waals surface area contributed by atoms with Crippen LogP contribution in [0.1, 0.15) is 50.8 Å². The molecule has 2 rings (SSSR count). The molecular weight excluding hydrogens is 304 g/mol. The molecule has 1 heterocycles. The van der Waals surface area contributed by atoms with Gasteiger partial charge in [-0.1, -0.05) is 13.0 Å². The first-order chi connectivity index (χ1) is 11.3. The van der Waals surface area contributed by atoms with Crippen molar-refractivity contribution < 1.29 is 14.3 Å². The highest BCUT2D eigenvalue weighted by Crippen LogP contribution is 2.28. The van der Waals surface area contributed by atoms with Gasteiger partial charge in [0.15, 0.2) is 0 Å². The zero-order chi connectivity index (χ0) is 17.7. The summed E-state index contributed by atoms with van der Waals surface area (Å²) in [5.41, 5.74) is 3.15. The average molecular weight is 334 g/mol. The Bertz CT molecular complexity index is 579. The van der Waals surface area contributed by atoms with Crippen molar-refractivity contribution in [2.45, 2.75) is 59.2 Å². The molecule has 0 radical (unpaired) electrons. The van der Waals surface area contributed by atoms with E-state index in [2.05, 4.69) is 24.4 Å². The number of ether oxygens (including phenoxy) is 2. The Morgan fingerprint density at radius 3 is 2.67 bits per heavy atom. The van der Waals surface area contributed by atoms with Gasteiger partial charge in [0.05, 0.1) is 7.11 Å². The van der Waals surface area contributed by atoms with Gasteiger partial charge in [0.2, 0.25) is 0 Å². The van der Waals surface area contributed by atoms with Crippen molar-refractivity contribution in [3.63, 3.8) is 0 Å². The third-order valence-corrected chi connectivity index (χ3v) is 4.01. The smallest absolute Gasteiger partial charge is 0.410 e. The lowest BCUT2D eigenvalue weighted by Crippen LogP contribution is -2.40. The first kappa shape index (κ1) is 18.6. The van der Waals surface area contributed by atoms with E-state index < -0.39 is 5.60 Å². The van der Waals surface area contributed by atoms with Gasteiger partial charge >= 0.3 is 6.09 Å². The molecule has 24 heavy (non-hydrogen) atoms. The number of methoxy groups -OCH3 is 1. The zero-order valence-corrected chi connectivity index (χ0v) is 15.6. The van der Waals surface area contributed by atoms with Gasteiger partial charge in [-0.3, -0.25) is 0 Å². The van der Waals surface area contributed by atoms with Gasteiger partial charge in [-0.25, -0.2) is 4.79 Å². The van der Waals surface area contributed by atoms with Crippen LogP contribution in [0.4, 0.5) is 4.79 Å². The van der Waals surface area contributed by atoms with Crippen LogP contribution in [0.5, 0.6) is 5.75 Å². The molecule has 0 unspecified atom stereocenters. The van der Waals surface area contributed by atoms with Crippen LogP contribution >= 0.6 is 0 Å². The second kappa shape index (κ2) is 7.88. The summed E-state index contributed by atoms with van der Waals surface area (Å²) in [4.78, 5) is 14.0.